The number of rotatable bonds is 3. The van der Waals surface area contributed by atoms with Gasteiger partial charge in [0.25, 0.3) is 0 Å². The van der Waals surface area contributed by atoms with Gasteiger partial charge in [0.05, 0.1) is 10.9 Å². The molecule has 0 bridgehead atoms. The highest BCUT2D eigenvalue weighted by Gasteiger charge is 2.26. The standard InChI is InChI=1S/C19H21NO3S/c21-24(22,18-10-9-14-5-1-2-6-15(14)12-18)20-17-11-16-7-3-4-8-19(16)23-13-17/h3-4,7-10,12,17,20H,1-2,5-6,11,13H2/t17-/m1/s1. The molecule has 0 aromatic heterocycles. The predicted octanol–water partition coefficient (Wildman–Crippen LogP) is 2.85. The van der Waals surface area contributed by atoms with Crippen LogP contribution in [-0.4, -0.2) is 21.1 Å². The van der Waals surface area contributed by atoms with Crippen LogP contribution in [0.15, 0.2) is 47.4 Å². The van der Waals surface area contributed by atoms with Crippen molar-refractivity contribution in [1.29, 1.82) is 0 Å². The molecule has 1 N–H and O–H groups in total. The number of benzene rings is 2. The Hall–Kier alpha value is -1.85. The number of ether oxygens (including phenoxy) is 1. The first-order valence-corrected chi connectivity index (χ1v) is 9.95. The summed E-state index contributed by atoms with van der Waals surface area (Å²) < 4.78 is 34.0. The van der Waals surface area contributed by atoms with Gasteiger partial charge in [0, 0.05) is 0 Å². The van der Waals surface area contributed by atoms with Gasteiger partial charge in [-0.2, -0.15) is 0 Å². The molecule has 0 radical (unpaired) electrons. The largest absolute Gasteiger partial charge is 0.492 e. The molecular formula is C19H21NO3S. The van der Waals surface area contributed by atoms with Gasteiger partial charge in [-0.25, -0.2) is 13.1 Å². The average Bonchev–Trinajstić information content (AvgIpc) is 2.61. The third-order valence-electron chi connectivity index (χ3n) is 4.83. The molecule has 0 fully saturated rings. The van der Waals surface area contributed by atoms with E-state index in [0.717, 1.165) is 30.6 Å². The molecule has 2 aromatic rings. The summed E-state index contributed by atoms with van der Waals surface area (Å²) in [6, 6.07) is 13.1. The molecule has 0 amide bonds. The molecule has 0 unspecified atom stereocenters. The van der Waals surface area contributed by atoms with Crippen LogP contribution in [0.2, 0.25) is 0 Å². The summed E-state index contributed by atoms with van der Waals surface area (Å²) >= 11 is 0. The average molecular weight is 343 g/mol. The zero-order valence-corrected chi connectivity index (χ0v) is 14.3. The molecule has 0 saturated carbocycles. The van der Waals surface area contributed by atoms with E-state index in [0.29, 0.717) is 17.9 Å². The van der Waals surface area contributed by atoms with Crippen molar-refractivity contribution in [2.24, 2.45) is 0 Å². The van der Waals surface area contributed by atoms with E-state index in [1.807, 2.05) is 36.4 Å². The summed E-state index contributed by atoms with van der Waals surface area (Å²) in [5, 5.41) is 0. The second-order valence-corrected chi connectivity index (χ2v) is 8.29. The highest BCUT2D eigenvalue weighted by Crippen LogP contribution is 2.26. The minimum absolute atomic E-state index is 0.235. The SMILES string of the molecule is O=S(=O)(N[C@H]1COc2ccccc2C1)c1ccc2c(c1)CCCC2. The fourth-order valence-corrected chi connectivity index (χ4v) is 4.84. The van der Waals surface area contributed by atoms with Gasteiger partial charge >= 0.3 is 0 Å². The summed E-state index contributed by atoms with van der Waals surface area (Å²) in [7, 11) is -3.53. The summed E-state index contributed by atoms with van der Waals surface area (Å²) in [6.07, 6.45) is 5.00. The molecule has 1 aliphatic heterocycles. The fraction of sp³-hybridized carbons (Fsp3) is 0.368. The Kier molecular flexibility index (Phi) is 4.06. The molecule has 1 atom stereocenters. The van der Waals surface area contributed by atoms with Crippen LogP contribution in [-0.2, 0) is 29.3 Å². The van der Waals surface area contributed by atoms with Gasteiger partial charge in [-0.3, -0.25) is 0 Å². The monoisotopic (exact) mass is 343 g/mol. The number of hydrogen-bond donors (Lipinski definition) is 1. The molecule has 24 heavy (non-hydrogen) atoms. The van der Waals surface area contributed by atoms with E-state index >= 15 is 0 Å². The third kappa shape index (κ3) is 3.06. The van der Waals surface area contributed by atoms with Crippen LogP contribution >= 0.6 is 0 Å². The minimum atomic E-state index is -3.53. The van der Waals surface area contributed by atoms with Crippen molar-refractivity contribution in [1.82, 2.24) is 4.72 Å². The zero-order valence-electron chi connectivity index (χ0n) is 13.5. The Morgan fingerprint density at radius 2 is 1.75 bits per heavy atom. The Balaban J connectivity index is 1.54. The Morgan fingerprint density at radius 3 is 2.62 bits per heavy atom. The topological polar surface area (TPSA) is 55.4 Å². The second-order valence-electron chi connectivity index (χ2n) is 6.58. The molecule has 1 heterocycles. The van der Waals surface area contributed by atoms with Crippen LogP contribution in [0.3, 0.4) is 0 Å². The van der Waals surface area contributed by atoms with E-state index in [9.17, 15) is 8.42 Å². The van der Waals surface area contributed by atoms with Crippen molar-refractivity contribution in [2.45, 2.75) is 43.0 Å². The number of fused-ring (bicyclic) bond motifs is 2. The molecule has 4 nitrogen and oxygen atoms in total. The van der Waals surface area contributed by atoms with E-state index in [2.05, 4.69) is 4.72 Å². The molecular weight excluding hydrogens is 322 g/mol. The van der Waals surface area contributed by atoms with Gasteiger partial charge in [-0.05, 0) is 67.0 Å². The lowest BCUT2D eigenvalue weighted by atomic mass is 9.92. The summed E-state index contributed by atoms with van der Waals surface area (Å²) in [4.78, 5) is 0.363. The van der Waals surface area contributed by atoms with E-state index in [1.54, 1.807) is 6.07 Å². The molecule has 0 saturated heterocycles. The number of sulfonamides is 1. The molecule has 126 valence electrons. The van der Waals surface area contributed by atoms with Crippen LogP contribution < -0.4 is 9.46 Å². The minimum Gasteiger partial charge on any atom is -0.492 e. The first-order chi connectivity index (χ1) is 11.6. The van der Waals surface area contributed by atoms with Crippen LogP contribution in [0.25, 0.3) is 0 Å². The maximum atomic E-state index is 12.7. The van der Waals surface area contributed by atoms with Crippen LogP contribution in [0.4, 0.5) is 0 Å². The van der Waals surface area contributed by atoms with Gasteiger partial charge in [-0.1, -0.05) is 24.3 Å². The van der Waals surface area contributed by atoms with Gasteiger partial charge in [0.15, 0.2) is 0 Å². The maximum Gasteiger partial charge on any atom is 0.240 e. The van der Waals surface area contributed by atoms with Crippen LogP contribution in [0.1, 0.15) is 29.5 Å². The van der Waals surface area contributed by atoms with Crippen molar-refractivity contribution < 1.29 is 13.2 Å². The van der Waals surface area contributed by atoms with Gasteiger partial charge < -0.3 is 4.74 Å². The third-order valence-corrected chi connectivity index (χ3v) is 6.35. The van der Waals surface area contributed by atoms with Crippen molar-refractivity contribution >= 4 is 10.0 Å². The zero-order chi connectivity index (χ0) is 16.6. The van der Waals surface area contributed by atoms with E-state index < -0.39 is 10.0 Å². The number of aryl methyl sites for hydroxylation is 2. The molecule has 2 aromatic carbocycles. The van der Waals surface area contributed by atoms with Crippen molar-refractivity contribution in [3.8, 4) is 5.75 Å². The van der Waals surface area contributed by atoms with Crippen molar-refractivity contribution in [2.75, 3.05) is 6.61 Å². The lowest BCUT2D eigenvalue weighted by Gasteiger charge is -2.26. The molecule has 1 aliphatic carbocycles. The lowest BCUT2D eigenvalue weighted by Crippen LogP contribution is -2.42. The number of nitrogens with one attached hydrogen (secondary N) is 1. The van der Waals surface area contributed by atoms with Gasteiger partial charge in [0.1, 0.15) is 12.4 Å². The first-order valence-electron chi connectivity index (χ1n) is 8.47. The normalized spacial score (nSPS) is 19.9. The molecule has 2 aliphatic rings. The maximum absolute atomic E-state index is 12.7. The van der Waals surface area contributed by atoms with Gasteiger partial charge in [0.2, 0.25) is 10.0 Å². The highest BCUT2D eigenvalue weighted by molar-refractivity contribution is 7.89. The van der Waals surface area contributed by atoms with Crippen molar-refractivity contribution in [3.63, 3.8) is 0 Å². The van der Waals surface area contributed by atoms with E-state index in [-0.39, 0.29) is 6.04 Å². The van der Waals surface area contributed by atoms with Gasteiger partial charge in [-0.15, -0.1) is 0 Å². The predicted molar refractivity (Wildman–Crippen MR) is 92.8 cm³/mol. The van der Waals surface area contributed by atoms with E-state index in [4.69, 9.17) is 4.74 Å². The smallest absolute Gasteiger partial charge is 0.240 e. The second kappa shape index (κ2) is 6.22. The Morgan fingerprint density at radius 1 is 0.958 bits per heavy atom. The first kappa shape index (κ1) is 15.7. The summed E-state index contributed by atoms with van der Waals surface area (Å²) in [6.45, 7) is 0.362. The molecule has 4 rings (SSSR count). The van der Waals surface area contributed by atoms with Crippen LogP contribution in [0.5, 0.6) is 5.75 Å². The van der Waals surface area contributed by atoms with Crippen molar-refractivity contribution in [3.05, 3.63) is 59.2 Å². The Bertz CT molecular complexity index is 861. The fourth-order valence-electron chi connectivity index (χ4n) is 3.57. The quantitative estimate of drug-likeness (QED) is 0.932. The summed E-state index contributed by atoms with van der Waals surface area (Å²) in [5.74, 6) is 0.849. The van der Waals surface area contributed by atoms with Crippen LogP contribution in [0, 0.1) is 0 Å². The van der Waals surface area contributed by atoms with E-state index in [1.165, 1.54) is 17.5 Å². The Labute approximate surface area is 142 Å². The molecule has 0 spiro atoms. The molecule has 5 heteroatoms. The lowest BCUT2D eigenvalue weighted by molar-refractivity contribution is 0.254. The number of hydrogen-bond acceptors (Lipinski definition) is 3. The summed E-state index contributed by atoms with van der Waals surface area (Å²) in [5.41, 5.74) is 3.51. The number of para-hydroxylation sites is 1. The highest BCUT2D eigenvalue weighted by atomic mass is 32.2.